The summed E-state index contributed by atoms with van der Waals surface area (Å²) in [6.07, 6.45) is 3.98. The van der Waals surface area contributed by atoms with Gasteiger partial charge in [-0.05, 0) is 12.1 Å². The van der Waals surface area contributed by atoms with Crippen molar-refractivity contribution >= 4 is 23.2 Å². The maximum absolute atomic E-state index is 12.1. The summed E-state index contributed by atoms with van der Waals surface area (Å²) in [7, 11) is 1.76. The van der Waals surface area contributed by atoms with E-state index in [9.17, 15) is 4.79 Å². The van der Waals surface area contributed by atoms with Crippen LogP contribution in [-0.2, 0) is 13.5 Å². The Morgan fingerprint density at radius 3 is 3.11 bits per heavy atom. The molecule has 0 radical (unpaired) electrons. The lowest BCUT2D eigenvalue weighted by molar-refractivity contribution is 0.102. The van der Waals surface area contributed by atoms with Crippen LogP contribution in [0.25, 0.3) is 0 Å². The summed E-state index contributed by atoms with van der Waals surface area (Å²) in [5.74, 6) is 0.481. The Morgan fingerprint density at radius 1 is 1.53 bits per heavy atom. The fourth-order valence-corrected chi connectivity index (χ4v) is 2.34. The zero-order chi connectivity index (χ0) is 13.4. The molecule has 0 saturated heterocycles. The number of benzene rings is 1. The van der Waals surface area contributed by atoms with E-state index in [0.717, 1.165) is 12.0 Å². The average Bonchev–Trinajstić information content (AvgIpc) is 2.97. The molecule has 6 heteroatoms. The van der Waals surface area contributed by atoms with Crippen molar-refractivity contribution in [2.24, 2.45) is 7.05 Å². The number of aromatic nitrogens is 2. The maximum Gasteiger partial charge on any atom is 0.258 e. The minimum atomic E-state index is -0.229. The minimum Gasteiger partial charge on any atom is -0.491 e. The van der Waals surface area contributed by atoms with Crippen LogP contribution in [0.15, 0.2) is 24.5 Å². The Morgan fingerprint density at radius 2 is 2.37 bits per heavy atom. The van der Waals surface area contributed by atoms with E-state index in [1.54, 1.807) is 24.0 Å². The standard InChI is InChI=1S/C13H12ClN3O2/c1-17-7-9(6-15-17)13(18)16-11-5-10(14)4-8-2-3-19-12(8)11/h4-7H,2-3H2,1H3,(H,16,18). The number of carbonyl (C=O) groups excluding carboxylic acids is 1. The molecule has 2 aromatic rings. The number of carbonyl (C=O) groups is 1. The van der Waals surface area contributed by atoms with Gasteiger partial charge in [0.25, 0.3) is 5.91 Å². The number of halogens is 1. The summed E-state index contributed by atoms with van der Waals surface area (Å²) >= 11 is 6.04. The maximum atomic E-state index is 12.1. The van der Waals surface area contributed by atoms with Crippen LogP contribution in [0.5, 0.6) is 5.75 Å². The van der Waals surface area contributed by atoms with Crippen LogP contribution in [0, 0.1) is 0 Å². The molecule has 0 saturated carbocycles. The molecule has 5 nitrogen and oxygen atoms in total. The average molecular weight is 278 g/mol. The lowest BCUT2D eigenvalue weighted by Gasteiger charge is -2.09. The van der Waals surface area contributed by atoms with E-state index in [-0.39, 0.29) is 5.91 Å². The minimum absolute atomic E-state index is 0.229. The smallest absolute Gasteiger partial charge is 0.258 e. The monoisotopic (exact) mass is 277 g/mol. The number of hydrogen-bond acceptors (Lipinski definition) is 3. The lowest BCUT2D eigenvalue weighted by Crippen LogP contribution is -2.12. The molecule has 1 aromatic carbocycles. The SMILES string of the molecule is Cn1cc(C(=O)Nc2cc(Cl)cc3c2OCC3)cn1. The van der Waals surface area contributed by atoms with E-state index in [1.165, 1.54) is 6.20 Å². The first-order valence-corrected chi connectivity index (χ1v) is 6.26. The van der Waals surface area contributed by atoms with Crippen LogP contribution in [0.3, 0.4) is 0 Å². The molecule has 1 aliphatic heterocycles. The fourth-order valence-electron chi connectivity index (χ4n) is 2.10. The van der Waals surface area contributed by atoms with E-state index in [1.807, 2.05) is 6.07 Å². The molecule has 98 valence electrons. The zero-order valence-electron chi connectivity index (χ0n) is 10.3. The lowest BCUT2D eigenvalue weighted by atomic mass is 10.1. The normalized spacial score (nSPS) is 12.9. The van der Waals surface area contributed by atoms with Gasteiger partial charge in [-0.2, -0.15) is 5.10 Å². The fraction of sp³-hybridized carbons (Fsp3) is 0.231. The van der Waals surface area contributed by atoms with Gasteiger partial charge in [-0.15, -0.1) is 0 Å². The molecule has 0 fully saturated rings. The number of amides is 1. The van der Waals surface area contributed by atoms with E-state index in [0.29, 0.717) is 28.6 Å². The molecule has 19 heavy (non-hydrogen) atoms. The molecule has 1 aliphatic rings. The Bertz CT molecular complexity index is 651. The summed E-state index contributed by atoms with van der Waals surface area (Å²) in [4.78, 5) is 12.1. The summed E-state index contributed by atoms with van der Waals surface area (Å²) in [5.41, 5.74) is 2.12. The van der Waals surface area contributed by atoms with Gasteiger partial charge >= 0.3 is 0 Å². The number of nitrogens with zero attached hydrogens (tertiary/aromatic N) is 2. The Balaban J connectivity index is 1.90. The molecule has 0 spiro atoms. The summed E-state index contributed by atoms with van der Waals surface area (Å²) in [5, 5.41) is 7.37. The van der Waals surface area contributed by atoms with Crippen LogP contribution < -0.4 is 10.1 Å². The quantitative estimate of drug-likeness (QED) is 0.916. The molecule has 2 heterocycles. The predicted octanol–water partition coefficient (Wildman–Crippen LogP) is 2.26. The van der Waals surface area contributed by atoms with Crippen molar-refractivity contribution in [3.05, 3.63) is 40.7 Å². The molecule has 1 aromatic heterocycles. The van der Waals surface area contributed by atoms with Gasteiger partial charge in [-0.25, -0.2) is 0 Å². The number of anilines is 1. The second-order valence-electron chi connectivity index (χ2n) is 4.40. The van der Waals surface area contributed by atoms with Gasteiger partial charge in [0, 0.05) is 30.3 Å². The molecule has 1 N–H and O–H groups in total. The van der Waals surface area contributed by atoms with Gasteiger partial charge < -0.3 is 10.1 Å². The van der Waals surface area contributed by atoms with Crippen molar-refractivity contribution in [1.82, 2.24) is 9.78 Å². The second kappa shape index (κ2) is 4.59. The van der Waals surface area contributed by atoms with E-state index >= 15 is 0 Å². The molecule has 3 rings (SSSR count). The third-order valence-corrected chi connectivity index (χ3v) is 3.18. The van der Waals surface area contributed by atoms with Crippen molar-refractivity contribution < 1.29 is 9.53 Å². The highest BCUT2D eigenvalue weighted by atomic mass is 35.5. The first-order valence-electron chi connectivity index (χ1n) is 5.89. The van der Waals surface area contributed by atoms with Crippen molar-refractivity contribution in [3.63, 3.8) is 0 Å². The summed E-state index contributed by atoms with van der Waals surface area (Å²) < 4.78 is 7.11. The van der Waals surface area contributed by atoms with Crippen LogP contribution in [0.4, 0.5) is 5.69 Å². The van der Waals surface area contributed by atoms with Crippen molar-refractivity contribution in [2.75, 3.05) is 11.9 Å². The van der Waals surface area contributed by atoms with E-state index < -0.39 is 0 Å². The number of aryl methyl sites for hydroxylation is 1. The first-order chi connectivity index (χ1) is 9.13. The van der Waals surface area contributed by atoms with E-state index in [2.05, 4.69) is 10.4 Å². The summed E-state index contributed by atoms with van der Waals surface area (Å²) in [6, 6.07) is 3.56. The molecule has 0 aliphatic carbocycles. The van der Waals surface area contributed by atoms with Crippen LogP contribution in [-0.4, -0.2) is 22.3 Å². The van der Waals surface area contributed by atoms with Crippen molar-refractivity contribution in [2.45, 2.75) is 6.42 Å². The molecule has 0 unspecified atom stereocenters. The molecule has 1 amide bonds. The largest absolute Gasteiger partial charge is 0.491 e. The van der Waals surface area contributed by atoms with Crippen LogP contribution in [0.1, 0.15) is 15.9 Å². The summed E-state index contributed by atoms with van der Waals surface area (Å²) in [6.45, 7) is 0.617. The third-order valence-electron chi connectivity index (χ3n) is 2.96. The third kappa shape index (κ3) is 2.29. The Hall–Kier alpha value is -2.01. The number of fused-ring (bicyclic) bond motifs is 1. The van der Waals surface area contributed by atoms with Crippen molar-refractivity contribution in [1.29, 1.82) is 0 Å². The molecular weight excluding hydrogens is 266 g/mol. The van der Waals surface area contributed by atoms with Gasteiger partial charge in [0.2, 0.25) is 0 Å². The predicted molar refractivity (Wildman–Crippen MR) is 71.8 cm³/mol. The Kier molecular flexibility index (Phi) is 2.91. The number of nitrogens with one attached hydrogen (secondary N) is 1. The highest BCUT2D eigenvalue weighted by molar-refractivity contribution is 6.31. The number of ether oxygens (including phenoxy) is 1. The number of hydrogen-bond donors (Lipinski definition) is 1. The first kappa shape index (κ1) is 12.0. The van der Waals surface area contributed by atoms with Crippen LogP contribution in [0.2, 0.25) is 5.02 Å². The van der Waals surface area contributed by atoms with Gasteiger partial charge in [-0.3, -0.25) is 9.48 Å². The van der Waals surface area contributed by atoms with Gasteiger partial charge in [0.1, 0.15) is 5.75 Å². The Labute approximate surface area is 115 Å². The van der Waals surface area contributed by atoms with Crippen LogP contribution >= 0.6 is 11.6 Å². The van der Waals surface area contributed by atoms with Gasteiger partial charge in [0.05, 0.1) is 24.1 Å². The molecule has 0 bridgehead atoms. The molecule has 0 atom stereocenters. The van der Waals surface area contributed by atoms with E-state index in [4.69, 9.17) is 16.3 Å². The van der Waals surface area contributed by atoms with Crippen molar-refractivity contribution in [3.8, 4) is 5.75 Å². The second-order valence-corrected chi connectivity index (χ2v) is 4.83. The van der Waals surface area contributed by atoms with Gasteiger partial charge in [-0.1, -0.05) is 11.6 Å². The number of rotatable bonds is 2. The zero-order valence-corrected chi connectivity index (χ0v) is 11.1. The molecular formula is C13H12ClN3O2. The topological polar surface area (TPSA) is 56.2 Å². The van der Waals surface area contributed by atoms with Gasteiger partial charge in [0.15, 0.2) is 0 Å². The highest BCUT2D eigenvalue weighted by Gasteiger charge is 2.19. The highest BCUT2D eigenvalue weighted by Crippen LogP contribution is 2.36.